The summed E-state index contributed by atoms with van der Waals surface area (Å²) >= 11 is 3.41. The summed E-state index contributed by atoms with van der Waals surface area (Å²) in [4.78, 5) is 12.0. The molecule has 0 aliphatic rings. The first-order valence-electron chi connectivity index (χ1n) is 6.92. The molecule has 0 aromatic heterocycles. The van der Waals surface area contributed by atoms with E-state index in [-0.39, 0.29) is 5.91 Å². The van der Waals surface area contributed by atoms with Crippen LogP contribution in [0.25, 0.3) is 0 Å². The number of nitrogens with one attached hydrogen (secondary N) is 1. The maximum absolute atomic E-state index is 12.0. The Morgan fingerprint density at radius 2 is 2.00 bits per heavy atom. The average molecular weight is 361 g/mol. The second-order valence-electron chi connectivity index (χ2n) is 4.68. The molecule has 114 valence electrons. The number of hydrogen-bond donors (Lipinski definition) is 1. The molecule has 0 fully saturated rings. The van der Waals surface area contributed by atoms with Gasteiger partial charge in [0.1, 0.15) is 5.75 Å². The molecule has 2 aromatic rings. The summed E-state index contributed by atoms with van der Waals surface area (Å²) in [5, 5.41) is 4.00. The van der Waals surface area contributed by atoms with Crippen molar-refractivity contribution in [1.29, 1.82) is 0 Å². The molecule has 2 aromatic carbocycles. The van der Waals surface area contributed by atoms with Gasteiger partial charge in [0.15, 0.2) is 0 Å². The Kier molecular flexibility index (Phi) is 5.72. The number of hydrazone groups is 1. The summed E-state index contributed by atoms with van der Waals surface area (Å²) in [5.74, 6) is 0.475. The second kappa shape index (κ2) is 7.75. The summed E-state index contributed by atoms with van der Waals surface area (Å²) in [5.41, 5.74) is 4.99. The lowest BCUT2D eigenvalue weighted by atomic mass is 10.1. The van der Waals surface area contributed by atoms with Crippen LogP contribution in [0.3, 0.4) is 0 Å². The minimum absolute atomic E-state index is 0.246. The van der Waals surface area contributed by atoms with Crippen LogP contribution in [0.1, 0.15) is 28.4 Å². The molecule has 0 saturated heterocycles. The van der Waals surface area contributed by atoms with Crippen molar-refractivity contribution >= 4 is 28.1 Å². The van der Waals surface area contributed by atoms with Crippen molar-refractivity contribution in [3.8, 4) is 5.75 Å². The third-order valence-electron chi connectivity index (χ3n) is 2.96. The monoisotopic (exact) mass is 360 g/mol. The van der Waals surface area contributed by atoms with Gasteiger partial charge in [0, 0.05) is 15.6 Å². The summed E-state index contributed by atoms with van der Waals surface area (Å²) < 4.78 is 6.44. The fourth-order valence-electron chi connectivity index (χ4n) is 1.84. The van der Waals surface area contributed by atoms with E-state index >= 15 is 0 Å². The predicted molar refractivity (Wildman–Crippen MR) is 91.6 cm³/mol. The van der Waals surface area contributed by atoms with Crippen molar-refractivity contribution in [3.05, 3.63) is 63.6 Å². The van der Waals surface area contributed by atoms with Crippen LogP contribution in [-0.2, 0) is 0 Å². The Bertz CT molecular complexity index is 682. The van der Waals surface area contributed by atoms with Crippen LogP contribution in [0.15, 0.2) is 52.0 Å². The molecule has 0 bridgehead atoms. The highest BCUT2D eigenvalue weighted by Gasteiger charge is 2.04. The van der Waals surface area contributed by atoms with Gasteiger partial charge >= 0.3 is 0 Å². The zero-order chi connectivity index (χ0) is 15.9. The first-order valence-corrected chi connectivity index (χ1v) is 7.72. The van der Waals surface area contributed by atoms with Crippen molar-refractivity contribution in [2.75, 3.05) is 6.61 Å². The molecule has 0 unspecified atom stereocenters. The van der Waals surface area contributed by atoms with E-state index in [1.54, 1.807) is 18.3 Å². The zero-order valence-electron chi connectivity index (χ0n) is 12.5. The summed E-state index contributed by atoms with van der Waals surface area (Å²) in [7, 11) is 0. The summed E-state index contributed by atoms with van der Waals surface area (Å²) in [6.07, 6.45) is 1.57. The Labute approximate surface area is 138 Å². The first kappa shape index (κ1) is 16.2. The minimum Gasteiger partial charge on any atom is -0.493 e. The number of nitrogens with zero attached hydrogens (tertiary/aromatic N) is 1. The van der Waals surface area contributed by atoms with Crippen molar-refractivity contribution in [2.24, 2.45) is 5.10 Å². The van der Waals surface area contributed by atoms with E-state index in [4.69, 9.17) is 4.74 Å². The quantitative estimate of drug-likeness (QED) is 0.648. The molecule has 0 atom stereocenters. The van der Waals surface area contributed by atoms with Gasteiger partial charge in [-0.05, 0) is 44.2 Å². The van der Waals surface area contributed by atoms with Gasteiger partial charge in [-0.1, -0.05) is 33.6 Å². The maximum Gasteiger partial charge on any atom is 0.271 e. The minimum atomic E-state index is -0.246. The van der Waals surface area contributed by atoms with Crippen LogP contribution in [0, 0.1) is 6.92 Å². The fourth-order valence-corrected chi connectivity index (χ4v) is 2.22. The van der Waals surface area contributed by atoms with Gasteiger partial charge in [-0.3, -0.25) is 4.79 Å². The molecule has 0 aliphatic carbocycles. The normalized spacial score (nSPS) is 10.7. The topological polar surface area (TPSA) is 50.7 Å². The van der Waals surface area contributed by atoms with E-state index in [1.807, 2.05) is 44.2 Å². The average Bonchev–Trinajstić information content (AvgIpc) is 2.50. The fraction of sp³-hybridized carbons (Fsp3) is 0.176. The highest BCUT2D eigenvalue weighted by Crippen LogP contribution is 2.21. The molecular formula is C17H17BrN2O2. The van der Waals surface area contributed by atoms with E-state index in [0.717, 1.165) is 21.3 Å². The number of carbonyl (C=O) groups excluding carboxylic acids is 1. The number of aryl methyl sites for hydroxylation is 1. The Morgan fingerprint density at radius 1 is 1.27 bits per heavy atom. The van der Waals surface area contributed by atoms with Crippen LogP contribution in [-0.4, -0.2) is 18.7 Å². The van der Waals surface area contributed by atoms with Crippen molar-refractivity contribution in [3.63, 3.8) is 0 Å². The highest BCUT2D eigenvalue weighted by molar-refractivity contribution is 9.10. The molecule has 1 N–H and O–H groups in total. The molecule has 2 rings (SSSR count). The van der Waals surface area contributed by atoms with Crippen LogP contribution in [0.5, 0.6) is 5.75 Å². The molecular weight excluding hydrogens is 344 g/mol. The Hall–Kier alpha value is -2.14. The van der Waals surface area contributed by atoms with Crippen molar-refractivity contribution < 1.29 is 9.53 Å². The van der Waals surface area contributed by atoms with Crippen LogP contribution >= 0.6 is 15.9 Å². The molecule has 0 heterocycles. The number of carbonyl (C=O) groups is 1. The molecule has 0 radical (unpaired) electrons. The third-order valence-corrected chi connectivity index (χ3v) is 3.45. The molecule has 4 nitrogen and oxygen atoms in total. The number of ether oxygens (including phenoxy) is 1. The molecule has 0 aliphatic heterocycles. The lowest BCUT2D eigenvalue weighted by Gasteiger charge is -2.07. The van der Waals surface area contributed by atoms with Crippen molar-refractivity contribution in [1.82, 2.24) is 5.43 Å². The number of benzene rings is 2. The van der Waals surface area contributed by atoms with Gasteiger partial charge < -0.3 is 4.74 Å². The van der Waals surface area contributed by atoms with Gasteiger partial charge in [0.25, 0.3) is 5.91 Å². The number of hydrogen-bond acceptors (Lipinski definition) is 3. The van der Waals surface area contributed by atoms with Gasteiger partial charge in [0.05, 0.1) is 12.8 Å². The third kappa shape index (κ3) is 4.43. The molecule has 1 amide bonds. The van der Waals surface area contributed by atoms with Gasteiger partial charge in [-0.2, -0.15) is 5.10 Å². The first-order chi connectivity index (χ1) is 10.6. The van der Waals surface area contributed by atoms with E-state index < -0.39 is 0 Å². The predicted octanol–water partition coefficient (Wildman–Crippen LogP) is 3.92. The van der Waals surface area contributed by atoms with Crippen LogP contribution in [0.2, 0.25) is 0 Å². The summed E-state index contributed by atoms with van der Waals surface area (Å²) in [6, 6.07) is 13.0. The summed E-state index contributed by atoms with van der Waals surface area (Å²) in [6.45, 7) is 4.46. The molecule has 0 spiro atoms. The standard InChI is InChI=1S/C17H17BrN2O2/c1-3-22-16-9-8-15(18)10-14(16)11-19-20-17(21)13-6-4-12(2)5-7-13/h4-11H,3H2,1-2H3,(H,20,21)/b19-11-. The Balaban J connectivity index is 2.07. The van der Waals surface area contributed by atoms with E-state index in [1.165, 1.54) is 0 Å². The van der Waals surface area contributed by atoms with E-state index in [0.29, 0.717) is 12.2 Å². The van der Waals surface area contributed by atoms with Gasteiger partial charge in [0.2, 0.25) is 0 Å². The van der Waals surface area contributed by atoms with Crippen LogP contribution in [0.4, 0.5) is 0 Å². The number of amides is 1. The van der Waals surface area contributed by atoms with Gasteiger partial charge in [-0.15, -0.1) is 0 Å². The van der Waals surface area contributed by atoms with Crippen LogP contribution < -0.4 is 10.2 Å². The van der Waals surface area contributed by atoms with E-state index in [9.17, 15) is 4.79 Å². The van der Waals surface area contributed by atoms with E-state index in [2.05, 4.69) is 26.5 Å². The van der Waals surface area contributed by atoms with Gasteiger partial charge in [-0.25, -0.2) is 5.43 Å². The highest BCUT2D eigenvalue weighted by atomic mass is 79.9. The molecule has 0 saturated carbocycles. The second-order valence-corrected chi connectivity index (χ2v) is 5.60. The lowest BCUT2D eigenvalue weighted by Crippen LogP contribution is -2.17. The smallest absolute Gasteiger partial charge is 0.271 e. The SMILES string of the molecule is CCOc1ccc(Br)cc1/C=N\NC(=O)c1ccc(C)cc1. The molecule has 22 heavy (non-hydrogen) atoms. The maximum atomic E-state index is 12.0. The largest absolute Gasteiger partial charge is 0.493 e. The van der Waals surface area contributed by atoms with Crippen molar-refractivity contribution in [2.45, 2.75) is 13.8 Å². The number of halogens is 1. The lowest BCUT2D eigenvalue weighted by molar-refractivity contribution is 0.0955. The Morgan fingerprint density at radius 3 is 2.68 bits per heavy atom. The molecule has 5 heteroatoms. The zero-order valence-corrected chi connectivity index (χ0v) is 14.1. The number of rotatable bonds is 5.